The summed E-state index contributed by atoms with van der Waals surface area (Å²) >= 11 is 0. The molecule has 0 aliphatic carbocycles. The Morgan fingerprint density at radius 1 is 0.429 bits per heavy atom. The lowest BCUT2D eigenvalue weighted by atomic mass is 9.94. The van der Waals surface area contributed by atoms with E-state index in [1.807, 2.05) is 6.08 Å². The Bertz CT molecular complexity index is 2380. The van der Waals surface area contributed by atoms with Crippen LogP contribution in [0.15, 0.2) is 12.2 Å². The van der Waals surface area contributed by atoms with Gasteiger partial charge in [-0.3, -0.25) is 9.59 Å². The van der Waals surface area contributed by atoms with E-state index in [0.717, 1.165) is 58.3 Å². The van der Waals surface area contributed by atoms with Crippen LogP contribution >= 0.6 is 0 Å². The number of carbonyl (C=O) groups is 2. The van der Waals surface area contributed by atoms with Gasteiger partial charge in [0.2, 0.25) is 11.8 Å². The summed E-state index contributed by atoms with van der Waals surface area (Å²) in [6.45, 7) is 1.77. The molecule has 0 unspecified atom stereocenters. The Morgan fingerprint density at radius 3 is 1.41 bits per heavy atom. The van der Waals surface area contributed by atoms with Crippen molar-refractivity contribution in [3.63, 3.8) is 0 Å². The van der Waals surface area contributed by atoms with Crippen LogP contribution in [0.2, 0.25) is 0 Å². The number of unbranched alkanes of at least 4 members (excludes halogenated alkanes) is 23. The third-order valence-electron chi connectivity index (χ3n) is 20.7. The van der Waals surface area contributed by atoms with Crippen LogP contribution in [0.3, 0.4) is 0 Å². The highest BCUT2D eigenvalue weighted by atomic mass is 16.8. The first-order valence-electron chi connectivity index (χ1n) is 38.7. The van der Waals surface area contributed by atoms with Gasteiger partial charge in [-0.15, -0.1) is 0 Å². The summed E-state index contributed by atoms with van der Waals surface area (Å²) in [4.78, 5) is 26.4. The third kappa shape index (κ3) is 27.7. The average Bonchev–Trinajstić information content (AvgIpc) is 0.770. The van der Waals surface area contributed by atoms with E-state index in [4.69, 9.17) is 56.8 Å². The standard InChI is InChI=1S/C72H130N2O31/c1-5-7-9-11-13-15-17-19-21-23-25-27-29-31-43(81)42(74-51(83)32-30-28-26-24-22-20-18-16-14-12-10-8-6-2)39-94-67-44(82)33-45(46(34-75)97-67)96-70-61(92)59(90)63(50(38-79)101-70)102-71-62(93)65(56(87)49(37-78)99-71)104-68-52(73-41(4)80)64(55(86)48(36-77)98-68)103-72-66(58(89)54(85)47(35-76)100-72)105-69-60(91)57(88)53(84)40(3)95-69/h29,31,40,42-50,52-72,75-79,81-82,84-93H,5-28,30,32-39H2,1-4H3,(H,73,80)(H,74,83)/b31-29+/t40-,42-,43+,44+,45-,46+,47+,48+,49+,50+,52+,53+,54-,55-,56-,57+,58-,59+,60-,61+,62+,63-,64+,65-,66+,67+,68-,69-,70+,71+,72-/m0/s1. The quantitative estimate of drug-likeness (QED) is 0.0249. The molecule has 6 saturated heterocycles. The maximum absolute atomic E-state index is 13.4. The van der Waals surface area contributed by atoms with Crippen LogP contribution in [0.1, 0.15) is 201 Å². The monoisotopic (exact) mass is 1520 g/mol. The van der Waals surface area contributed by atoms with Crippen molar-refractivity contribution in [1.82, 2.24) is 10.6 Å². The lowest BCUT2D eigenvalue weighted by molar-refractivity contribution is -0.392. The first kappa shape index (κ1) is 91.4. The first-order chi connectivity index (χ1) is 50.5. The van der Waals surface area contributed by atoms with Crippen molar-refractivity contribution < 1.29 is 153 Å². The van der Waals surface area contributed by atoms with Crippen molar-refractivity contribution in [1.29, 1.82) is 0 Å². The predicted molar refractivity (Wildman–Crippen MR) is 370 cm³/mol. The fourth-order valence-corrected chi connectivity index (χ4v) is 14.2. The second kappa shape index (κ2) is 48.4. The van der Waals surface area contributed by atoms with E-state index in [0.29, 0.717) is 6.42 Å². The number of ether oxygens (including phenoxy) is 12. The van der Waals surface area contributed by atoms with E-state index in [-0.39, 0.29) is 25.4 Å². The van der Waals surface area contributed by atoms with Gasteiger partial charge in [-0.25, -0.2) is 0 Å². The van der Waals surface area contributed by atoms with Crippen LogP contribution in [-0.4, -0.2) is 328 Å². The zero-order valence-corrected chi connectivity index (χ0v) is 61.7. The van der Waals surface area contributed by atoms with E-state index in [1.54, 1.807) is 6.08 Å². The van der Waals surface area contributed by atoms with Crippen molar-refractivity contribution in [3.8, 4) is 0 Å². The molecule has 2 amide bonds. The topological polar surface area (TPSA) is 513 Å². The van der Waals surface area contributed by atoms with Gasteiger partial charge < -0.3 is 154 Å². The van der Waals surface area contributed by atoms with Gasteiger partial charge in [-0.05, 0) is 26.2 Å². The number of hydrogen-bond acceptors (Lipinski definition) is 31. The van der Waals surface area contributed by atoms with Crippen molar-refractivity contribution in [3.05, 3.63) is 12.2 Å². The van der Waals surface area contributed by atoms with Gasteiger partial charge in [0, 0.05) is 19.8 Å². The summed E-state index contributed by atoms with van der Waals surface area (Å²) in [7, 11) is 0. The Kier molecular flexibility index (Phi) is 42.2. The molecule has 614 valence electrons. The molecule has 6 aliphatic heterocycles. The molecule has 105 heavy (non-hydrogen) atoms. The van der Waals surface area contributed by atoms with Crippen molar-refractivity contribution in [2.75, 3.05) is 39.6 Å². The molecule has 0 radical (unpaired) electrons. The number of hydrogen-bond donors (Lipinski definition) is 19. The van der Waals surface area contributed by atoms with E-state index < -0.39 is 229 Å². The van der Waals surface area contributed by atoms with Crippen LogP contribution < -0.4 is 10.6 Å². The molecule has 6 rings (SSSR count). The van der Waals surface area contributed by atoms with Gasteiger partial charge in [-0.2, -0.15) is 0 Å². The SMILES string of the molecule is CCCCCCCCCCCCC/C=C/[C@@H](O)[C@H](CO[C@@H]1O[C@H](CO)[C@@H](O[C@@H]2O[C@H](CO)[C@H](O[C@H]3O[C@H](CO)[C@H](O)[C@H](O[C@@H]4O[C@H](CO)[C@H](O)[C@H](O[C@@H]5O[C@H](CO)[C@H](O)[C@H](O)[C@H]5O[C@@H]5O[C@@H](C)[C@@H](O)[C@@H](O)[C@@H]5O)[C@H]4NC(C)=O)[C@H]3O)[C@H](O)[C@H]2O)C[C@H]1O)NC(=O)CCCCCCCCCCCCCCC. The van der Waals surface area contributed by atoms with Crippen molar-refractivity contribution in [2.24, 2.45) is 0 Å². The van der Waals surface area contributed by atoms with Crippen LogP contribution in [-0.2, 0) is 66.4 Å². The molecule has 33 nitrogen and oxygen atoms in total. The Morgan fingerprint density at radius 2 is 0.857 bits per heavy atom. The summed E-state index contributed by atoms with van der Waals surface area (Å²) in [5.74, 6) is -1.14. The van der Waals surface area contributed by atoms with Crippen LogP contribution in [0, 0.1) is 0 Å². The minimum atomic E-state index is -2.22. The average molecular weight is 1520 g/mol. The molecule has 33 heteroatoms. The fourth-order valence-electron chi connectivity index (χ4n) is 14.2. The van der Waals surface area contributed by atoms with Crippen molar-refractivity contribution in [2.45, 2.75) is 391 Å². The highest BCUT2D eigenvalue weighted by Gasteiger charge is 2.58. The highest BCUT2D eigenvalue weighted by Crippen LogP contribution is 2.38. The van der Waals surface area contributed by atoms with Gasteiger partial charge in [-0.1, -0.05) is 167 Å². The van der Waals surface area contributed by atoms with Gasteiger partial charge in [0.05, 0.1) is 64.0 Å². The molecule has 0 aromatic carbocycles. The second-order valence-corrected chi connectivity index (χ2v) is 29.1. The van der Waals surface area contributed by atoms with Crippen LogP contribution in [0.5, 0.6) is 0 Å². The Balaban J connectivity index is 1.07. The normalized spacial score (nSPS) is 38.2. The molecule has 0 spiro atoms. The predicted octanol–water partition coefficient (Wildman–Crippen LogP) is -1.29. The number of nitrogens with one attached hydrogen (secondary N) is 2. The molecule has 0 saturated carbocycles. The lowest BCUT2D eigenvalue weighted by Gasteiger charge is -2.51. The third-order valence-corrected chi connectivity index (χ3v) is 20.7. The Labute approximate surface area is 616 Å². The smallest absolute Gasteiger partial charge is 0.220 e. The zero-order chi connectivity index (χ0) is 76.7. The van der Waals surface area contributed by atoms with Crippen LogP contribution in [0.25, 0.3) is 0 Å². The van der Waals surface area contributed by atoms with Gasteiger partial charge >= 0.3 is 0 Å². The molecular formula is C72H130N2O31. The number of amides is 2. The molecule has 0 aromatic heterocycles. The summed E-state index contributed by atoms with van der Waals surface area (Å²) in [6.07, 6.45) is -19.7. The molecule has 6 heterocycles. The number of allylic oxidation sites excluding steroid dienone is 1. The van der Waals surface area contributed by atoms with E-state index >= 15 is 0 Å². The molecular weight excluding hydrogens is 1390 g/mol. The maximum Gasteiger partial charge on any atom is 0.220 e. The lowest BCUT2D eigenvalue weighted by Crippen LogP contribution is -2.70. The van der Waals surface area contributed by atoms with E-state index in [2.05, 4.69) is 24.5 Å². The largest absolute Gasteiger partial charge is 0.394 e. The summed E-state index contributed by atoms with van der Waals surface area (Å²) in [6, 6.07) is -2.76. The zero-order valence-electron chi connectivity index (χ0n) is 61.7. The van der Waals surface area contributed by atoms with Gasteiger partial charge in [0.1, 0.15) is 128 Å². The van der Waals surface area contributed by atoms with Crippen LogP contribution in [0.4, 0.5) is 0 Å². The second-order valence-electron chi connectivity index (χ2n) is 29.1. The Hall–Kier alpha value is -2.48. The summed E-state index contributed by atoms with van der Waals surface area (Å²) in [5.41, 5.74) is 0. The molecule has 31 atom stereocenters. The van der Waals surface area contributed by atoms with Gasteiger partial charge in [0.25, 0.3) is 0 Å². The van der Waals surface area contributed by atoms with Crippen molar-refractivity contribution >= 4 is 11.8 Å². The number of aliphatic hydroxyl groups excluding tert-OH is 17. The molecule has 0 bridgehead atoms. The molecule has 0 aromatic rings. The number of carbonyl (C=O) groups excluding carboxylic acids is 2. The fraction of sp³-hybridized carbons (Fsp3) is 0.944. The minimum Gasteiger partial charge on any atom is -0.394 e. The summed E-state index contributed by atoms with van der Waals surface area (Å²) in [5, 5.41) is 193. The minimum absolute atomic E-state index is 0.228. The summed E-state index contributed by atoms with van der Waals surface area (Å²) < 4.78 is 71.1. The molecule has 19 N–H and O–H groups in total. The first-order valence-corrected chi connectivity index (χ1v) is 38.7. The number of aliphatic hydroxyl groups is 17. The highest BCUT2D eigenvalue weighted by molar-refractivity contribution is 5.76. The molecule has 6 aliphatic rings. The maximum atomic E-state index is 13.4. The van der Waals surface area contributed by atoms with E-state index in [9.17, 15) is 96.4 Å². The number of rotatable bonds is 48. The van der Waals surface area contributed by atoms with E-state index in [1.165, 1.54) is 110 Å². The van der Waals surface area contributed by atoms with Gasteiger partial charge in [0.15, 0.2) is 37.7 Å². The molecule has 6 fully saturated rings.